The smallest absolute Gasteiger partial charge is 0.364 e. The number of nitroso groups, excluding NO2 is 1. The minimum absolute atomic E-state index is 0.0333. The maximum absolute atomic E-state index is 11.2. The van der Waals surface area contributed by atoms with Crippen LogP contribution in [0.25, 0.3) is 0 Å². The Balaban J connectivity index is 4.79. The maximum Gasteiger partial charge on any atom is 0.364 e. The first kappa shape index (κ1) is 16.0. The van der Waals surface area contributed by atoms with Gasteiger partial charge in [0.05, 0.1) is 6.61 Å². The number of rotatable bonds is 7. The van der Waals surface area contributed by atoms with E-state index in [1.807, 2.05) is 0 Å². The first-order valence-corrected chi connectivity index (χ1v) is 5.33. The van der Waals surface area contributed by atoms with E-state index in [0.717, 1.165) is 0 Å². The second kappa shape index (κ2) is 6.67. The van der Waals surface area contributed by atoms with Crippen LogP contribution in [-0.4, -0.2) is 28.1 Å². The molecule has 0 aliphatic heterocycles. The summed E-state index contributed by atoms with van der Waals surface area (Å²) in [6.45, 7) is 4.32. The number of carbonyl (C=O) groups is 1. The van der Waals surface area contributed by atoms with Gasteiger partial charge >= 0.3 is 5.97 Å². The summed E-state index contributed by atoms with van der Waals surface area (Å²) in [4.78, 5) is 31.8. The molecule has 1 N–H and O–H groups in total. The van der Waals surface area contributed by atoms with Crippen LogP contribution in [0.4, 0.5) is 0 Å². The van der Waals surface area contributed by atoms with Crippen molar-refractivity contribution in [3.8, 4) is 0 Å². The maximum atomic E-state index is 11.2. The SMILES string of the molecule is CCOC(=O)/C(N=O)=C(/O)CCC(C)(C)[N+](=O)[O-]. The van der Waals surface area contributed by atoms with Crippen molar-refractivity contribution < 1.29 is 19.6 Å². The summed E-state index contributed by atoms with van der Waals surface area (Å²) in [5.74, 6) is -1.64. The first-order valence-electron chi connectivity index (χ1n) is 5.33. The molecule has 0 spiro atoms. The van der Waals surface area contributed by atoms with Gasteiger partial charge in [0.1, 0.15) is 5.76 Å². The lowest BCUT2D eigenvalue weighted by atomic mass is 9.98. The van der Waals surface area contributed by atoms with E-state index in [1.54, 1.807) is 0 Å². The molecule has 0 saturated heterocycles. The van der Waals surface area contributed by atoms with E-state index >= 15 is 0 Å². The molecule has 0 atom stereocenters. The number of hydrogen-bond donors (Lipinski definition) is 1. The number of nitrogens with zero attached hydrogens (tertiary/aromatic N) is 2. The van der Waals surface area contributed by atoms with Crippen molar-refractivity contribution >= 4 is 5.97 Å². The van der Waals surface area contributed by atoms with Crippen molar-refractivity contribution in [1.82, 2.24) is 0 Å². The van der Waals surface area contributed by atoms with Crippen molar-refractivity contribution in [3.63, 3.8) is 0 Å². The Bertz CT molecular complexity index is 375. The Kier molecular flexibility index (Phi) is 5.94. The zero-order valence-electron chi connectivity index (χ0n) is 10.5. The molecule has 0 unspecified atom stereocenters. The summed E-state index contributed by atoms with van der Waals surface area (Å²) >= 11 is 0. The molecule has 0 heterocycles. The van der Waals surface area contributed by atoms with Crippen LogP contribution in [0.1, 0.15) is 33.6 Å². The third-order valence-corrected chi connectivity index (χ3v) is 2.30. The molecule has 102 valence electrons. The quantitative estimate of drug-likeness (QED) is 0.186. The van der Waals surface area contributed by atoms with E-state index in [1.165, 1.54) is 20.8 Å². The van der Waals surface area contributed by atoms with Gasteiger partial charge in [0.25, 0.3) is 0 Å². The number of aliphatic hydroxyl groups is 1. The van der Waals surface area contributed by atoms with Crippen molar-refractivity contribution in [2.24, 2.45) is 5.18 Å². The molecule has 0 aromatic carbocycles. The Morgan fingerprint density at radius 1 is 1.50 bits per heavy atom. The van der Waals surface area contributed by atoms with Crippen molar-refractivity contribution in [1.29, 1.82) is 0 Å². The highest BCUT2D eigenvalue weighted by atomic mass is 16.6. The summed E-state index contributed by atoms with van der Waals surface area (Å²) < 4.78 is 4.51. The number of hydrogen-bond acceptors (Lipinski definition) is 7. The molecule has 0 aliphatic carbocycles. The van der Waals surface area contributed by atoms with Gasteiger partial charge in [0, 0.05) is 31.6 Å². The standard InChI is InChI=1S/C10H16N2O6/c1-4-18-9(14)8(11-15)7(13)5-6-10(2,3)12(16)17/h13H,4-6H2,1-3H3/b8-7-. The van der Waals surface area contributed by atoms with Gasteiger partial charge in [-0.15, -0.1) is 4.91 Å². The van der Waals surface area contributed by atoms with E-state index < -0.39 is 27.9 Å². The Labute approximate surface area is 104 Å². The average Bonchev–Trinajstić information content (AvgIpc) is 2.27. The van der Waals surface area contributed by atoms with E-state index in [0.29, 0.717) is 0 Å². The van der Waals surface area contributed by atoms with Gasteiger partial charge in [-0.25, -0.2) is 4.79 Å². The summed E-state index contributed by atoms with van der Waals surface area (Å²) in [5.41, 5.74) is -2.01. The van der Waals surface area contributed by atoms with Crippen LogP contribution in [0.15, 0.2) is 16.6 Å². The lowest BCUT2D eigenvalue weighted by Crippen LogP contribution is -2.30. The molecular formula is C10H16N2O6. The molecule has 0 amide bonds. The highest BCUT2D eigenvalue weighted by molar-refractivity contribution is 5.88. The number of nitro groups is 1. The van der Waals surface area contributed by atoms with Gasteiger partial charge in [0.2, 0.25) is 11.2 Å². The molecule has 0 rings (SSSR count). The van der Waals surface area contributed by atoms with Crippen LogP contribution in [-0.2, 0) is 9.53 Å². The van der Waals surface area contributed by atoms with Gasteiger partial charge in [-0.2, -0.15) is 0 Å². The van der Waals surface area contributed by atoms with Gasteiger partial charge in [0.15, 0.2) is 0 Å². The molecule has 0 aliphatic rings. The third kappa shape index (κ3) is 4.48. The van der Waals surface area contributed by atoms with Crippen LogP contribution in [0, 0.1) is 15.0 Å². The second-order valence-electron chi connectivity index (χ2n) is 4.18. The summed E-state index contributed by atoms with van der Waals surface area (Å²) in [5, 5.41) is 22.5. The fraction of sp³-hybridized carbons (Fsp3) is 0.700. The molecule has 18 heavy (non-hydrogen) atoms. The Morgan fingerprint density at radius 3 is 2.44 bits per heavy atom. The Morgan fingerprint density at radius 2 is 2.06 bits per heavy atom. The number of ether oxygens (including phenoxy) is 1. The Hall–Kier alpha value is -1.99. The minimum Gasteiger partial charge on any atom is -0.510 e. The summed E-state index contributed by atoms with van der Waals surface area (Å²) in [6, 6.07) is 0. The van der Waals surface area contributed by atoms with Gasteiger partial charge in [-0.1, -0.05) is 0 Å². The molecule has 0 saturated carbocycles. The number of carbonyl (C=O) groups excluding carboxylic acids is 1. The third-order valence-electron chi connectivity index (χ3n) is 2.30. The van der Waals surface area contributed by atoms with Crippen LogP contribution in [0.2, 0.25) is 0 Å². The molecule has 0 bridgehead atoms. The van der Waals surface area contributed by atoms with Crippen molar-refractivity contribution in [2.75, 3.05) is 6.61 Å². The molecule has 8 heteroatoms. The predicted molar refractivity (Wildman–Crippen MR) is 62.4 cm³/mol. The lowest BCUT2D eigenvalue weighted by Gasteiger charge is -2.14. The van der Waals surface area contributed by atoms with Gasteiger partial charge in [-0.3, -0.25) is 10.1 Å². The van der Waals surface area contributed by atoms with E-state index in [4.69, 9.17) is 0 Å². The molecule has 0 fully saturated rings. The molecule has 8 nitrogen and oxygen atoms in total. The zero-order valence-corrected chi connectivity index (χ0v) is 10.5. The van der Waals surface area contributed by atoms with Crippen LogP contribution in [0.3, 0.4) is 0 Å². The highest BCUT2D eigenvalue weighted by Crippen LogP contribution is 2.20. The fourth-order valence-corrected chi connectivity index (χ4v) is 1.04. The summed E-state index contributed by atoms with van der Waals surface area (Å²) in [7, 11) is 0. The number of esters is 1. The molecule has 0 aromatic heterocycles. The molecule has 0 radical (unpaired) electrons. The van der Waals surface area contributed by atoms with E-state index in [9.17, 15) is 24.9 Å². The largest absolute Gasteiger partial charge is 0.510 e. The zero-order chi connectivity index (χ0) is 14.3. The van der Waals surface area contributed by atoms with Crippen LogP contribution < -0.4 is 0 Å². The fourth-order valence-electron chi connectivity index (χ4n) is 1.04. The first-order chi connectivity index (χ1) is 8.26. The average molecular weight is 260 g/mol. The molecular weight excluding hydrogens is 244 g/mol. The molecule has 0 aromatic rings. The second-order valence-corrected chi connectivity index (χ2v) is 4.18. The van der Waals surface area contributed by atoms with Gasteiger partial charge < -0.3 is 9.84 Å². The minimum atomic E-state index is -1.27. The highest BCUT2D eigenvalue weighted by Gasteiger charge is 2.31. The number of aliphatic hydroxyl groups excluding tert-OH is 1. The monoisotopic (exact) mass is 260 g/mol. The topological polar surface area (TPSA) is 119 Å². The normalized spacial score (nSPS) is 12.6. The lowest BCUT2D eigenvalue weighted by molar-refractivity contribution is -0.561. The van der Waals surface area contributed by atoms with E-state index in [2.05, 4.69) is 9.91 Å². The number of allylic oxidation sites excluding steroid dienone is 1. The van der Waals surface area contributed by atoms with Crippen molar-refractivity contribution in [2.45, 2.75) is 39.2 Å². The van der Waals surface area contributed by atoms with E-state index in [-0.39, 0.29) is 19.4 Å². The van der Waals surface area contributed by atoms with Crippen LogP contribution in [0.5, 0.6) is 0 Å². The summed E-state index contributed by atoms with van der Waals surface area (Å²) in [6.07, 6.45) is -0.238. The van der Waals surface area contributed by atoms with Gasteiger partial charge in [-0.05, 0) is 12.1 Å². The predicted octanol–water partition coefficient (Wildman–Crippen LogP) is 1.92. The van der Waals surface area contributed by atoms with Crippen LogP contribution >= 0.6 is 0 Å². The van der Waals surface area contributed by atoms with Crippen molar-refractivity contribution in [3.05, 3.63) is 26.5 Å².